The van der Waals surface area contributed by atoms with Gasteiger partial charge < -0.3 is 5.73 Å². The Morgan fingerprint density at radius 1 is 1.32 bits per heavy atom. The van der Waals surface area contributed by atoms with E-state index in [4.69, 9.17) is 5.73 Å². The monoisotopic (exact) mass is 277 g/mol. The van der Waals surface area contributed by atoms with Gasteiger partial charge in [0.1, 0.15) is 5.82 Å². The molecule has 1 aliphatic heterocycles. The van der Waals surface area contributed by atoms with E-state index in [9.17, 15) is 17.6 Å². The molecule has 0 amide bonds. The Balaban J connectivity index is 1.96. The summed E-state index contributed by atoms with van der Waals surface area (Å²) >= 11 is 0. The van der Waals surface area contributed by atoms with E-state index in [0.29, 0.717) is 31.6 Å². The molecule has 0 saturated carbocycles. The van der Waals surface area contributed by atoms with Crippen LogP contribution in [0.1, 0.15) is 24.5 Å². The van der Waals surface area contributed by atoms with Crippen LogP contribution in [0.25, 0.3) is 0 Å². The summed E-state index contributed by atoms with van der Waals surface area (Å²) in [5.74, 6) is -0.612. The third kappa shape index (κ3) is 3.79. The molecule has 3 nitrogen and oxygen atoms in total. The number of likely N-dealkylation sites (tertiary alicyclic amines) is 1. The maximum atomic E-state index is 13.7. The number of rotatable bonds is 2. The number of piperidine rings is 1. The number of anilines is 1. The molecule has 0 aliphatic carbocycles. The number of alkyl halides is 3. The zero-order valence-electron chi connectivity index (χ0n) is 10.3. The molecular formula is C12H15F4N3. The lowest BCUT2D eigenvalue weighted by molar-refractivity contribution is -0.148. The average molecular weight is 277 g/mol. The molecule has 2 rings (SSSR count). The van der Waals surface area contributed by atoms with Gasteiger partial charge in [-0.05, 0) is 25.9 Å². The number of hydrogen-bond donors (Lipinski definition) is 1. The van der Waals surface area contributed by atoms with Crippen molar-refractivity contribution >= 4 is 5.69 Å². The van der Waals surface area contributed by atoms with Gasteiger partial charge in [-0.15, -0.1) is 0 Å². The molecule has 19 heavy (non-hydrogen) atoms. The molecule has 1 aromatic rings. The second-order valence-electron chi connectivity index (χ2n) is 4.80. The van der Waals surface area contributed by atoms with Crippen molar-refractivity contribution < 1.29 is 17.6 Å². The van der Waals surface area contributed by atoms with E-state index in [0.717, 1.165) is 0 Å². The Kier molecular flexibility index (Phi) is 3.93. The second-order valence-corrected chi connectivity index (χ2v) is 4.80. The molecule has 0 unspecified atom stereocenters. The van der Waals surface area contributed by atoms with Gasteiger partial charge in [-0.25, -0.2) is 4.39 Å². The lowest BCUT2D eigenvalue weighted by atomic mass is 9.92. The van der Waals surface area contributed by atoms with Crippen LogP contribution in [0.15, 0.2) is 12.3 Å². The summed E-state index contributed by atoms with van der Waals surface area (Å²) in [4.78, 5) is 5.30. The number of pyridine rings is 1. The Labute approximate surface area is 108 Å². The number of aromatic nitrogens is 1. The van der Waals surface area contributed by atoms with Crippen LogP contribution in [0.5, 0.6) is 0 Å². The molecule has 1 fully saturated rings. The third-order valence-corrected chi connectivity index (χ3v) is 3.27. The molecule has 0 aromatic carbocycles. The predicted molar refractivity (Wildman–Crippen MR) is 63.1 cm³/mol. The van der Waals surface area contributed by atoms with Crippen molar-refractivity contribution in [2.75, 3.05) is 25.4 Å². The zero-order chi connectivity index (χ0) is 14.0. The molecule has 0 bridgehead atoms. The highest BCUT2D eigenvalue weighted by molar-refractivity contribution is 5.36. The largest absolute Gasteiger partial charge is 0.401 e. The Hall–Kier alpha value is -1.37. The fraction of sp³-hybridized carbons (Fsp3) is 0.583. The summed E-state index contributed by atoms with van der Waals surface area (Å²) in [5, 5.41) is 0. The first-order valence-corrected chi connectivity index (χ1v) is 6.05. The highest BCUT2D eigenvalue weighted by Gasteiger charge is 2.33. The minimum atomic E-state index is -4.18. The third-order valence-electron chi connectivity index (χ3n) is 3.27. The molecular weight excluding hydrogens is 262 g/mol. The maximum absolute atomic E-state index is 13.7. The predicted octanol–water partition coefficient (Wildman–Crippen LogP) is 2.54. The fourth-order valence-electron chi connectivity index (χ4n) is 2.38. The van der Waals surface area contributed by atoms with E-state index in [1.807, 2.05) is 0 Å². The van der Waals surface area contributed by atoms with Crippen molar-refractivity contribution in [3.8, 4) is 0 Å². The average Bonchev–Trinajstić information content (AvgIpc) is 2.28. The van der Waals surface area contributed by atoms with Crippen molar-refractivity contribution in [1.29, 1.82) is 0 Å². The smallest absolute Gasteiger partial charge is 0.397 e. The van der Waals surface area contributed by atoms with Gasteiger partial charge >= 0.3 is 6.18 Å². The Bertz CT molecular complexity index is 439. The number of hydrogen-bond acceptors (Lipinski definition) is 3. The van der Waals surface area contributed by atoms with Crippen molar-refractivity contribution in [2.24, 2.45) is 0 Å². The minimum absolute atomic E-state index is 0.134. The first kappa shape index (κ1) is 14.0. The molecule has 2 heterocycles. The van der Waals surface area contributed by atoms with E-state index >= 15 is 0 Å². The Morgan fingerprint density at radius 3 is 2.47 bits per heavy atom. The standard InChI is InChI=1S/C12H15F4N3/c13-10-5-9(17)6-18-11(10)8-1-3-19(4-2-8)7-12(14,15)16/h5-6,8H,1-4,7,17H2. The van der Waals surface area contributed by atoms with Crippen LogP contribution in [0.4, 0.5) is 23.2 Å². The molecule has 7 heteroatoms. The normalized spacial score (nSPS) is 18.7. The van der Waals surface area contributed by atoms with Gasteiger partial charge in [0.15, 0.2) is 0 Å². The number of nitrogens with two attached hydrogens (primary N) is 1. The van der Waals surface area contributed by atoms with Crippen molar-refractivity contribution in [3.05, 3.63) is 23.8 Å². The van der Waals surface area contributed by atoms with E-state index < -0.39 is 18.5 Å². The van der Waals surface area contributed by atoms with Gasteiger partial charge in [0.2, 0.25) is 0 Å². The van der Waals surface area contributed by atoms with Gasteiger partial charge in [-0.3, -0.25) is 9.88 Å². The molecule has 2 N–H and O–H groups in total. The lowest BCUT2D eigenvalue weighted by Crippen LogP contribution is -2.39. The lowest BCUT2D eigenvalue weighted by Gasteiger charge is -2.32. The summed E-state index contributed by atoms with van der Waals surface area (Å²) in [6, 6.07) is 1.20. The van der Waals surface area contributed by atoms with Crippen molar-refractivity contribution in [2.45, 2.75) is 24.9 Å². The summed E-state index contributed by atoms with van der Waals surface area (Å²) in [7, 11) is 0. The number of nitrogens with zero attached hydrogens (tertiary/aromatic N) is 2. The second kappa shape index (κ2) is 5.32. The van der Waals surface area contributed by atoms with E-state index in [-0.39, 0.29) is 11.6 Å². The van der Waals surface area contributed by atoms with Gasteiger partial charge in [-0.2, -0.15) is 13.2 Å². The molecule has 0 spiro atoms. The van der Waals surface area contributed by atoms with Crippen LogP contribution >= 0.6 is 0 Å². The molecule has 1 saturated heterocycles. The van der Waals surface area contributed by atoms with Crippen LogP contribution in [-0.4, -0.2) is 35.7 Å². The van der Waals surface area contributed by atoms with Crippen LogP contribution in [0.2, 0.25) is 0 Å². The van der Waals surface area contributed by atoms with Crippen LogP contribution in [-0.2, 0) is 0 Å². The van der Waals surface area contributed by atoms with Gasteiger partial charge in [-0.1, -0.05) is 0 Å². The SMILES string of the molecule is Nc1cnc(C2CCN(CC(F)(F)F)CC2)c(F)c1. The topological polar surface area (TPSA) is 42.1 Å². The van der Waals surface area contributed by atoms with Crippen LogP contribution in [0.3, 0.4) is 0 Å². The van der Waals surface area contributed by atoms with Crippen LogP contribution < -0.4 is 5.73 Å². The summed E-state index contributed by atoms with van der Waals surface area (Å²) < 4.78 is 50.4. The molecule has 1 aromatic heterocycles. The highest BCUT2D eigenvalue weighted by atomic mass is 19.4. The van der Waals surface area contributed by atoms with E-state index in [1.165, 1.54) is 17.2 Å². The van der Waals surface area contributed by atoms with Gasteiger partial charge in [0, 0.05) is 12.0 Å². The minimum Gasteiger partial charge on any atom is -0.397 e. The van der Waals surface area contributed by atoms with Crippen molar-refractivity contribution in [3.63, 3.8) is 0 Å². The number of nitrogen functional groups attached to an aromatic ring is 1. The summed E-state index contributed by atoms with van der Waals surface area (Å²) in [6.45, 7) is -0.303. The van der Waals surface area contributed by atoms with Gasteiger partial charge in [0.25, 0.3) is 0 Å². The van der Waals surface area contributed by atoms with Gasteiger partial charge in [0.05, 0.1) is 24.1 Å². The molecule has 1 aliphatic rings. The molecule has 0 radical (unpaired) electrons. The number of halogens is 4. The quantitative estimate of drug-likeness (QED) is 0.845. The fourth-order valence-corrected chi connectivity index (χ4v) is 2.38. The summed E-state index contributed by atoms with van der Waals surface area (Å²) in [5.41, 5.74) is 5.97. The first-order valence-electron chi connectivity index (χ1n) is 6.05. The summed E-state index contributed by atoms with van der Waals surface area (Å²) in [6.07, 6.45) is -1.86. The maximum Gasteiger partial charge on any atom is 0.401 e. The molecule has 0 atom stereocenters. The zero-order valence-corrected chi connectivity index (χ0v) is 10.3. The van der Waals surface area contributed by atoms with E-state index in [1.54, 1.807) is 0 Å². The highest BCUT2D eigenvalue weighted by Crippen LogP contribution is 2.30. The van der Waals surface area contributed by atoms with E-state index in [2.05, 4.69) is 4.98 Å². The Morgan fingerprint density at radius 2 is 1.95 bits per heavy atom. The molecule has 106 valence electrons. The first-order chi connectivity index (χ1) is 8.85. The van der Waals surface area contributed by atoms with Crippen LogP contribution in [0, 0.1) is 5.82 Å². The van der Waals surface area contributed by atoms with Crippen molar-refractivity contribution in [1.82, 2.24) is 9.88 Å².